The minimum Gasteiger partial charge on any atom is -0.308 e. The van der Waals surface area contributed by atoms with Crippen LogP contribution in [0, 0.1) is 5.92 Å². The van der Waals surface area contributed by atoms with Gasteiger partial charge in [0.1, 0.15) is 10.9 Å². The number of para-hydroxylation sites is 2. The fourth-order valence-electron chi connectivity index (χ4n) is 3.77. The summed E-state index contributed by atoms with van der Waals surface area (Å²) in [5.74, 6) is 0.367. The highest BCUT2D eigenvalue weighted by Crippen LogP contribution is 2.25. The van der Waals surface area contributed by atoms with Gasteiger partial charge in [0.05, 0.1) is 17.4 Å². The molecule has 4 aromatic rings. The molecule has 6 heteroatoms. The molecule has 0 unspecified atom stereocenters. The Morgan fingerprint density at radius 3 is 2.46 bits per heavy atom. The van der Waals surface area contributed by atoms with Crippen LogP contribution in [0.2, 0.25) is 0 Å². The van der Waals surface area contributed by atoms with Crippen LogP contribution in [0.4, 0.5) is 0 Å². The topological polar surface area (TPSA) is 65.6 Å². The fourth-order valence-corrected chi connectivity index (χ4v) is 3.77. The molecule has 0 radical (unpaired) electrons. The van der Waals surface area contributed by atoms with E-state index in [9.17, 15) is 4.79 Å². The normalized spacial score (nSPS) is 12.0. The van der Waals surface area contributed by atoms with E-state index < -0.39 is 0 Å². The standard InChI is InChI=1S/C22H27N5O/c1-4-5-6-9-12-27-20-18(22(28)26(14-23-20)13-15(2)3)19-21(27)25-17-11-8-7-10-16(17)24-19/h7-8,10-11,14-15H,4-6,9,12-13H2,1-3H3. The van der Waals surface area contributed by atoms with E-state index in [0.717, 1.165) is 36.1 Å². The van der Waals surface area contributed by atoms with Crippen molar-refractivity contribution in [2.24, 2.45) is 5.92 Å². The molecule has 0 spiro atoms. The van der Waals surface area contributed by atoms with Crippen molar-refractivity contribution in [1.29, 1.82) is 0 Å². The second-order valence-corrected chi connectivity index (χ2v) is 7.89. The molecule has 0 saturated heterocycles. The van der Waals surface area contributed by atoms with Gasteiger partial charge in [-0.05, 0) is 24.5 Å². The van der Waals surface area contributed by atoms with Crippen molar-refractivity contribution in [3.05, 3.63) is 40.9 Å². The molecule has 0 bridgehead atoms. The molecule has 28 heavy (non-hydrogen) atoms. The summed E-state index contributed by atoms with van der Waals surface area (Å²) in [5.41, 5.74) is 3.75. The van der Waals surface area contributed by atoms with Gasteiger partial charge in [0.15, 0.2) is 11.3 Å². The molecule has 0 amide bonds. The lowest BCUT2D eigenvalue weighted by Gasteiger charge is -2.09. The molecule has 3 aromatic heterocycles. The molecular weight excluding hydrogens is 350 g/mol. The summed E-state index contributed by atoms with van der Waals surface area (Å²) >= 11 is 0. The Balaban J connectivity index is 1.97. The highest BCUT2D eigenvalue weighted by Gasteiger charge is 2.19. The van der Waals surface area contributed by atoms with Crippen LogP contribution in [0.1, 0.15) is 46.5 Å². The highest BCUT2D eigenvalue weighted by atomic mass is 16.1. The van der Waals surface area contributed by atoms with Gasteiger partial charge in [-0.25, -0.2) is 15.0 Å². The quantitative estimate of drug-likeness (QED) is 0.444. The van der Waals surface area contributed by atoms with Crippen LogP contribution in [-0.2, 0) is 13.1 Å². The summed E-state index contributed by atoms with van der Waals surface area (Å²) in [4.78, 5) is 27.6. The van der Waals surface area contributed by atoms with E-state index in [1.165, 1.54) is 12.8 Å². The summed E-state index contributed by atoms with van der Waals surface area (Å²) < 4.78 is 3.78. The second-order valence-electron chi connectivity index (χ2n) is 7.89. The molecule has 4 rings (SSSR count). The van der Waals surface area contributed by atoms with E-state index >= 15 is 0 Å². The van der Waals surface area contributed by atoms with Crippen LogP contribution >= 0.6 is 0 Å². The Bertz CT molecular complexity index is 1190. The van der Waals surface area contributed by atoms with Gasteiger partial charge in [0.25, 0.3) is 5.56 Å². The number of aryl methyl sites for hydroxylation is 1. The van der Waals surface area contributed by atoms with E-state index in [2.05, 4.69) is 30.3 Å². The number of nitrogens with zero attached hydrogens (tertiary/aromatic N) is 5. The first-order valence-corrected chi connectivity index (χ1v) is 10.2. The van der Waals surface area contributed by atoms with E-state index in [4.69, 9.17) is 9.97 Å². The van der Waals surface area contributed by atoms with Crippen molar-refractivity contribution < 1.29 is 0 Å². The molecule has 0 saturated carbocycles. The monoisotopic (exact) mass is 377 g/mol. The Labute approximate surface area is 164 Å². The van der Waals surface area contributed by atoms with Gasteiger partial charge < -0.3 is 4.57 Å². The maximum atomic E-state index is 13.2. The van der Waals surface area contributed by atoms with E-state index in [-0.39, 0.29) is 5.56 Å². The third kappa shape index (κ3) is 3.28. The molecule has 0 N–H and O–H groups in total. The molecule has 1 aromatic carbocycles. The molecular formula is C22H27N5O. The van der Waals surface area contributed by atoms with Gasteiger partial charge in [-0.1, -0.05) is 52.2 Å². The van der Waals surface area contributed by atoms with Crippen molar-refractivity contribution in [1.82, 2.24) is 24.1 Å². The Morgan fingerprint density at radius 1 is 1.00 bits per heavy atom. The summed E-state index contributed by atoms with van der Waals surface area (Å²) in [6.07, 6.45) is 6.27. The zero-order valence-corrected chi connectivity index (χ0v) is 16.9. The average molecular weight is 377 g/mol. The molecule has 0 aliphatic heterocycles. The van der Waals surface area contributed by atoms with E-state index in [0.29, 0.717) is 29.0 Å². The molecule has 146 valence electrons. The predicted molar refractivity (Wildman–Crippen MR) is 114 cm³/mol. The molecule has 3 heterocycles. The summed E-state index contributed by atoms with van der Waals surface area (Å²) in [5, 5.41) is 0.590. The lowest BCUT2D eigenvalue weighted by molar-refractivity contribution is 0.507. The lowest BCUT2D eigenvalue weighted by atomic mass is 10.2. The molecule has 6 nitrogen and oxygen atoms in total. The number of hydrogen-bond donors (Lipinski definition) is 0. The first-order chi connectivity index (χ1) is 13.6. The smallest absolute Gasteiger partial charge is 0.265 e. The Morgan fingerprint density at radius 2 is 1.75 bits per heavy atom. The molecule has 0 atom stereocenters. The lowest BCUT2D eigenvalue weighted by Crippen LogP contribution is -2.23. The number of unbranched alkanes of at least 4 members (excludes halogenated alkanes) is 3. The third-order valence-corrected chi connectivity index (χ3v) is 5.12. The van der Waals surface area contributed by atoms with Crippen LogP contribution in [0.3, 0.4) is 0 Å². The van der Waals surface area contributed by atoms with Crippen molar-refractivity contribution >= 4 is 33.2 Å². The van der Waals surface area contributed by atoms with Gasteiger partial charge in [0.2, 0.25) is 0 Å². The number of hydrogen-bond acceptors (Lipinski definition) is 4. The minimum absolute atomic E-state index is 0.0272. The number of aromatic nitrogens is 5. The Kier molecular flexibility index (Phi) is 5.11. The van der Waals surface area contributed by atoms with Gasteiger partial charge >= 0.3 is 0 Å². The minimum atomic E-state index is -0.0272. The van der Waals surface area contributed by atoms with Crippen LogP contribution < -0.4 is 5.56 Å². The fraction of sp³-hybridized carbons (Fsp3) is 0.455. The van der Waals surface area contributed by atoms with Crippen LogP contribution in [0.5, 0.6) is 0 Å². The van der Waals surface area contributed by atoms with E-state index in [1.54, 1.807) is 10.9 Å². The first-order valence-electron chi connectivity index (χ1n) is 10.2. The number of rotatable bonds is 7. The van der Waals surface area contributed by atoms with E-state index in [1.807, 2.05) is 24.3 Å². The van der Waals surface area contributed by atoms with Crippen LogP contribution in [0.15, 0.2) is 35.4 Å². The predicted octanol–water partition coefficient (Wildman–Crippen LogP) is 4.53. The van der Waals surface area contributed by atoms with Crippen molar-refractivity contribution in [3.8, 4) is 0 Å². The van der Waals surface area contributed by atoms with Crippen molar-refractivity contribution in [3.63, 3.8) is 0 Å². The van der Waals surface area contributed by atoms with Gasteiger partial charge in [-0.15, -0.1) is 0 Å². The van der Waals surface area contributed by atoms with Crippen molar-refractivity contribution in [2.75, 3.05) is 0 Å². The highest BCUT2D eigenvalue weighted by molar-refractivity contribution is 6.04. The summed E-state index contributed by atoms with van der Waals surface area (Å²) in [6, 6.07) is 7.81. The zero-order chi connectivity index (χ0) is 19.7. The molecule has 0 aliphatic rings. The van der Waals surface area contributed by atoms with Crippen LogP contribution in [-0.4, -0.2) is 24.1 Å². The first kappa shape index (κ1) is 18.6. The largest absolute Gasteiger partial charge is 0.308 e. The SMILES string of the molecule is CCCCCCn1c2nc3ccccc3nc2c2c(=O)n(CC(C)C)cnc21. The Hall–Kier alpha value is -2.76. The molecule has 0 fully saturated rings. The summed E-state index contributed by atoms with van der Waals surface area (Å²) in [6.45, 7) is 7.85. The number of benzene rings is 1. The van der Waals surface area contributed by atoms with Crippen molar-refractivity contribution in [2.45, 2.75) is 59.5 Å². The van der Waals surface area contributed by atoms with Gasteiger partial charge in [0, 0.05) is 13.1 Å². The molecule has 0 aliphatic carbocycles. The average Bonchev–Trinajstić information content (AvgIpc) is 2.98. The number of fused-ring (bicyclic) bond motifs is 4. The maximum Gasteiger partial charge on any atom is 0.265 e. The maximum absolute atomic E-state index is 13.2. The van der Waals surface area contributed by atoms with Crippen LogP contribution in [0.25, 0.3) is 33.2 Å². The third-order valence-electron chi connectivity index (χ3n) is 5.12. The second kappa shape index (κ2) is 7.70. The van der Waals surface area contributed by atoms with Gasteiger partial charge in [-0.3, -0.25) is 9.36 Å². The zero-order valence-electron chi connectivity index (χ0n) is 16.9. The summed E-state index contributed by atoms with van der Waals surface area (Å²) in [7, 11) is 0. The van der Waals surface area contributed by atoms with Gasteiger partial charge in [-0.2, -0.15) is 0 Å².